The zero-order valence-corrected chi connectivity index (χ0v) is 94.9. The maximum Gasteiger partial charge on any atom is 0.216 e. The van der Waals surface area contributed by atoms with Gasteiger partial charge in [0, 0.05) is 111 Å². The van der Waals surface area contributed by atoms with E-state index in [-0.39, 0.29) is 5.41 Å². The number of pyridine rings is 5. The number of benzene rings is 10. The Morgan fingerprint density at radius 1 is 0.257 bits per heavy atom. The Kier molecular flexibility index (Phi) is 27.5. The number of hydrogen-bond donors (Lipinski definition) is 0. The van der Waals surface area contributed by atoms with Crippen LogP contribution in [0.2, 0.25) is 98.2 Å². The lowest BCUT2D eigenvalue weighted by atomic mass is 9.86. The van der Waals surface area contributed by atoms with Gasteiger partial charge in [-0.25, -0.2) is 47.1 Å². The van der Waals surface area contributed by atoms with Gasteiger partial charge in [-0.05, 0) is 145 Å². The summed E-state index contributed by atoms with van der Waals surface area (Å²) in [6.45, 7) is 98.9. The Labute approximate surface area is 853 Å². The third-order valence-corrected chi connectivity index (χ3v) is 38.7. The predicted molar refractivity (Wildman–Crippen MR) is 614 cm³/mol. The van der Waals surface area contributed by atoms with Crippen molar-refractivity contribution in [3.8, 4) is 56.3 Å². The third-order valence-electron chi connectivity index (χ3n) is 28.3. The van der Waals surface area contributed by atoms with E-state index in [0.717, 1.165) is 143 Å². The molecule has 0 aliphatic carbocycles. The second-order valence-corrected chi connectivity index (χ2v) is 70.9. The van der Waals surface area contributed by atoms with Crippen LogP contribution in [-0.4, -0.2) is 40.4 Å². The van der Waals surface area contributed by atoms with Crippen molar-refractivity contribution in [3.05, 3.63) is 326 Å². The Hall–Kier alpha value is -14.5. The smallest absolute Gasteiger partial charge is 0.216 e. The van der Waals surface area contributed by atoms with Gasteiger partial charge in [0.1, 0.15) is 91.1 Å². The lowest BCUT2D eigenvalue weighted by molar-refractivity contribution is -0.660. The summed E-state index contributed by atoms with van der Waals surface area (Å²) >= 11 is 0. The summed E-state index contributed by atoms with van der Waals surface area (Å²) in [5, 5.41) is 18.2. The Morgan fingerprint density at radius 2 is 0.521 bits per heavy atom. The highest BCUT2D eigenvalue weighted by atomic mass is 28.3. The van der Waals surface area contributed by atoms with Gasteiger partial charge in [-0.3, -0.25) is 0 Å². The number of aromatic nitrogens is 5. The van der Waals surface area contributed by atoms with Gasteiger partial charge in [-0.2, -0.15) is 0 Å². The molecule has 0 atom stereocenters. The number of furan rings is 5. The summed E-state index contributed by atoms with van der Waals surface area (Å²) in [5.41, 5.74) is 34.4. The maximum absolute atomic E-state index is 7.33. The lowest BCUT2D eigenvalue weighted by Gasteiger charge is -2.28. The van der Waals surface area contributed by atoms with E-state index < -0.39 is 40.4 Å². The first-order valence-electron chi connectivity index (χ1n) is 49.5. The molecule has 0 unspecified atom stereocenters. The molecule has 0 N–H and O–H groups in total. The van der Waals surface area contributed by atoms with Crippen molar-refractivity contribution in [2.24, 2.45) is 35.2 Å². The largest absolute Gasteiger partial charge is 0.456 e. The first kappa shape index (κ1) is 102. The van der Waals surface area contributed by atoms with Crippen LogP contribution in [0.1, 0.15) is 90.6 Å². The summed E-state index contributed by atoms with van der Waals surface area (Å²) in [6, 6.07) is 64.0. The summed E-state index contributed by atoms with van der Waals surface area (Å²) in [4.78, 5) is 17.7. The molecule has 10 aromatic carbocycles. The molecule has 0 radical (unpaired) electrons. The highest BCUT2D eigenvalue weighted by Crippen LogP contribution is 2.46. The van der Waals surface area contributed by atoms with Crippen LogP contribution in [0.4, 0.5) is 28.4 Å². The molecule has 0 spiro atoms. The molecule has 20 aromatic rings. The minimum Gasteiger partial charge on any atom is -0.456 e. The van der Waals surface area contributed by atoms with Crippen LogP contribution in [0, 0.1) is 81.3 Å². The number of hydrogen-bond acceptors (Lipinski definition) is 5. The molecule has 20 heteroatoms. The van der Waals surface area contributed by atoms with Crippen LogP contribution in [0.3, 0.4) is 0 Å². The van der Waals surface area contributed by atoms with Gasteiger partial charge in [-0.1, -0.05) is 254 Å². The molecule has 10 aromatic heterocycles. The van der Waals surface area contributed by atoms with Crippen molar-refractivity contribution in [3.63, 3.8) is 0 Å². The fourth-order valence-corrected chi connectivity index (χ4v) is 29.1. The molecule has 0 fully saturated rings. The average molecular weight is 1980 g/mol. The second kappa shape index (κ2) is 38.6. The zero-order valence-electron chi connectivity index (χ0n) is 89.9. The van der Waals surface area contributed by atoms with E-state index in [0.29, 0.717) is 34.4 Å². The second-order valence-electron chi connectivity index (χ2n) is 45.7. The van der Waals surface area contributed by atoms with Crippen LogP contribution in [0.5, 0.6) is 0 Å². The molecule has 0 aliphatic heterocycles. The molecule has 0 amide bonds. The quantitative estimate of drug-likeness (QED) is 0.0728. The number of fused-ring (bicyclic) bond motifs is 15. The molecule has 0 saturated heterocycles. The van der Waals surface area contributed by atoms with E-state index in [1.54, 1.807) is 0 Å². The number of rotatable bonds is 11. The molecule has 20 rings (SSSR count). The van der Waals surface area contributed by atoms with Crippen LogP contribution in [-0.2, 0) is 40.7 Å². The van der Waals surface area contributed by atoms with E-state index in [9.17, 15) is 0 Å². The van der Waals surface area contributed by atoms with Gasteiger partial charge in [0.25, 0.3) is 0 Å². The SMILES string of the molecule is [C-]#[N+]c1ccc2c(c1)oc1c(-c3cc(C(C)(C)C)c([Si](C)(C)C)c[n+]3C)c(C)ccc12.[C-]#[N+]c1ccc2c(c1)oc1c(-c3cc(C(C)C)c([Si](C)(C)C)c[n+]3C)c(C)ccc12.[C-]#[N+]c1ccc2c(c1)oc1c(-c3cc(C)c([Si](C)(C)C)c[n+]3C)c(C)ccc12.[C-]#[N+]c1ccc2c(c1)oc1c(-c3cc([Si](C)(C)C)c(C)c[n+]3C)c(C)ccc12.[C-]#[N+]c1ccc2c(c1)oc1c(-c3cc([Si](C)(C)C)cc[n+]3C)c(C)ccc12. The van der Waals surface area contributed by atoms with E-state index in [2.05, 4.69) is 392 Å². The molecular formula is C124H133N10O5Si5+5. The summed E-state index contributed by atoms with van der Waals surface area (Å²) in [7, 11) is 3.29. The van der Waals surface area contributed by atoms with E-state index in [1.807, 2.05) is 91.0 Å². The van der Waals surface area contributed by atoms with Crippen LogP contribution in [0.25, 0.3) is 190 Å². The van der Waals surface area contributed by atoms with Crippen molar-refractivity contribution in [1.29, 1.82) is 0 Å². The van der Waals surface area contributed by atoms with Crippen LogP contribution >= 0.6 is 0 Å². The van der Waals surface area contributed by atoms with E-state index in [1.165, 1.54) is 98.8 Å². The van der Waals surface area contributed by atoms with Gasteiger partial charge < -0.3 is 22.1 Å². The van der Waals surface area contributed by atoms with Gasteiger partial charge in [0.05, 0.1) is 101 Å². The van der Waals surface area contributed by atoms with Crippen LogP contribution < -0.4 is 48.8 Å². The lowest BCUT2D eigenvalue weighted by Crippen LogP contribution is -2.49. The highest BCUT2D eigenvalue weighted by molar-refractivity contribution is 6.90. The monoisotopic (exact) mass is 1980 g/mol. The topological polar surface area (TPSA) is 107 Å². The Morgan fingerprint density at radius 3 is 0.806 bits per heavy atom. The highest BCUT2D eigenvalue weighted by Gasteiger charge is 2.37. The molecule has 0 aliphatic rings. The molecule has 0 saturated carbocycles. The van der Waals surface area contributed by atoms with Crippen molar-refractivity contribution in [2.75, 3.05) is 0 Å². The molecule has 10 heterocycles. The molecular weight excluding hydrogens is 1850 g/mol. The van der Waals surface area contributed by atoms with E-state index >= 15 is 0 Å². The molecule has 144 heavy (non-hydrogen) atoms. The van der Waals surface area contributed by atoms with Crippen molar-refractivity contribution >= 4 is 204 Å². The Bertz CT molecular complexity index is 8910. The normalized spacial score (nSPS) is 12.1. The minimum atomic E-state index is -1.52. The van der Waals surface area contributed by atoms with Gasteiger partial charge in [-0.15, -0.1) is 0 Å². The number of nitrogens with zero attached hydrogens (tertiary/aromatic N) is 10. The average Bonchev–Trinajstić information content (AvgIpc) is 1.57. The van der Waals surface area contributed by atoms with E-state index in [4.69, 9.17) is 54.9 Å². The summed E-state index contributed by atoms with van der Waals surface area (Å²) < 4.78 is 42.8. The fraction of sp³-hybridized carbons (Fsp3) is 0.274. The maximum atomic E-state index is 7.33. The zero-order chi connectivity index (χ0) is 104. The van der Waals surface area contributed by atoms with Gasteiger partial charge >= 0.3 is 0 Å². The standard InChI is InChI=1S/C27H31N2OSi.C26H29N2OSi.2C24H25N2OSi.C23H23N2OSi/c1-17-10-12-20-19-13-11-18(28-5)14-23(19)30-26(20)25(17)22-15-21(27(2,3)4)24(16-29(22)6)31(7,8)9;1-16(2)21-14-22(28(5)15-24(21)30(6,7)8)25-17(3)9-11-20-19-12-10-18(27-4)13-23(19)29-26(20)25;1-15-8-10-19-18-11-9-17(25-3)12-21(18)27-24(19)23(15)20-13-22(28(5,6)7)16(2)14-26(20)4;1-15-8-10-19-18-11-9-17(25-3)13-21(18)27-24(19)23(15)20-12-16(2)22(14-26(20)4)28(5,6)7;1-15-7-9-19-18-10-8-16(24-2)13-21(18)26-23(19)22(15)20-14-17(27(4,5)6)11-12-25(20)3/h10-16H,1-4,6-9H3;9-16H,1-3,5-8H3;2*8-14H,1-2,4-7H3;7-14H,1,3-6H3/q5*+1. The molecule has 724 valence electrons. The summed E-state index contributed by atoms with van der Waals surface area (Å²) in [6.07, 6.45) is 11.4. The molecule has 0 bridgehead atoms. The Balaban J connectivity index is 0.000000129. The predicted octanol–water partition coefficient (Wildman–Crippen LogP) is 30.4. The van der Waals surface area contributed by atoms with Crippen LogP contribution in [0.15, 0.2) is 241 Å². The molecule has 15 nitrogen and oxygen atoms in total. The number of aryl methyl sites for hydroxylation is 12. The summed E-state index contributed by atoms with van der Waals surface area (Å²) in [5.74, 6) is 0.461. The van der Waals surface area contributed by atoms with Crippen molar-refractivity contribution in [2.45, 2.75) is 193 Å². The van der Waals surface area contributed by atoms with Gasteiger partial charge in [0.15, 0.2) is 59.4 Å². The minimum absolute atomic E-state index is 0.0544. The first-order valence-corrected chi connectivity index (χ1v) is 67.0. The van der Waals surface area contributed by atoms with Gasteiger partial charge in [0.2, 0.25) is 28.5 Å². The van der Waals surface area contributed by atoms with Crippen molar-refractivity contribution < 1.29 is 44.9 Å². The third kappa shape index (κ3) is 19.6. The fourth-order valence-electron chi connectivity index (χ4n) is 20.6. The first-order chi connectivity index (χ1) is 67.7. The van der Waals surface area contributed by atoms with Crippen molar-refractivity contribution in [1.82, 2.24) is 0 Å².